The van der Waals surface area contributed by atoms with Gasteiger partial charge in [0.15, 0.2) is 0 Å². The van der Waals surface area contributed by atoms with Crippen molar-refractivity contribution in [1.29, 1.82) is 0 Å². The van der Waals surface area contributed by atoms with E-state index in [1.807, 2.05) is 0 Å². The number of cyclic esters (lactones) is 1. The molecule has 0 aromatic heterocycles. The summed E-state index contributed by atoms with van der Waals surface area (Å²) in [5.74, 6) is -3.06. The fraction of sp³-hybridized carbons (Fsp3) is 0.667. The van der Waals surface area contributed by atoms with Crippen molar-refractivity contribution >= 4 is 11.9 Å². The quantitative estimate of drug-likeness (QED) is 0.643. The van der Waals surface area contributed by atoms with Crippen molar-refractivity contribution in [2.24, 2.45) is 0 Å². The summed E-state index contributed by atoms with van der Waals surface area (Å²) in [6, 6.07) is 0. The zero-order valence-corrected chi connectivity index (χ0v) is 6.33. The van der Waals surface area contributed by atoms with E-state index in [0.29, 0.717) is 0 Å². The molecule has 13 heavy (non-hydrogen) atoms. The zero-order valence-electron chi connectivity index (χ0n) is 6.33. The first-order valence-electron chi connectivity index (χ1n) is 3.36. The van der Waals surface area contributed by atoms with Gasteiger partial charge in [-0.25, -0.2) is 4.79 Å². The number of halogens is 2. The van der Waals surface area contributed by atoms with Gasteiger partial charge in [-0.15, -0.1) is 0 Å². The summed E-state index contributed by atoms with van der Waals surface area (Å²) in [7, 11) is 0. The molecule has 1 aliphatic heterocycles. The van der Waals surface area contributed by atoms with E-state index in [1.54, 1.807) is 0 Å². The van der Waals surface area contributed by atoms with Crippen LogP contribution in [0.2, 0.25) is 0 Å². The lowest BCUT2D eigenvalue weighted by atomic mass is 10.3. The Morgan fingerprint density at radius 1 is 1.69 bits per heavy atom. The van der Waals surface area contributed by atoms with Gasteiger partial charge >= 0.3 is 18.0 Å². The number of ether oxygens (including phenoxy) is 2. The molecule has 7 heteroatoms. The third kappa shape index (κ3) is 2.35. The highest BCUT2D eigenvalue weighted by molar-refractivity contribution is 5.74. The lowest BCUT2D eigenvalue weighted by Gasteiger charge is -2.14. The minimum absolute atomic E-state index is 0.332. The minimum Gasteiger partial charge on any atom is -0.475 e. The number of carboxylic acid groups (broad SMARTS) is 1. The first-order valence-corrected chi connectivity index (χ1v) is 3.36. The molecule has 1 rings (SSSR count). The average Bonchev–Trinajstić information content (AvgIpc) is 2.34. The molecule has 1 atom stereocenters. The summed E-state index contributed by atoms with van der Waals surface area (Å²) < 4.78 is 32.8. The summed E-state index contributed by atoms with van der Waals surface area (Å²) in [5.41, 5.74) is 0. The van der Waals surface area contributed by atoms with Gasteiger partial charge in [-0.3, -0.25) is 4.79 Å². The Kier molecular flexibility index (Phi) is 2.46. The van der Waals surface area contributed by atoms with Gasteiger partial charge in [0.1, 0.15) is 12.7 Å². The standard InChI is InChI=1S/C6H6F2O5/c7-6(8,5(10)11)13-3-1-4(9)12-2-3/h3H,1-2H2,(H,10,11). The molecule has 5 nitrogen and oxygen atoms in total. The molecule has 0 spiro atoms. The van der Waals surface area contributed by atoms with Gasteiger partial charge < -0.3 is 14.6 Å². The van der Waals surface area contributed by atoms with Crippen molar-refractivity contribution in [2.75, 3.05) is 6.61 Å². The summed E-state index contributed by atoms with van der Waals surface area (Å²) in [6.45, 7) is -0.332. The molecule has 1 fully saturated rings. The molecule has 1 saturated heterocycles. The van der Waals surface area contributed by atoms with Crippen molar-refractivity contribution in [3.05, 3.63) is 0 Å². The van der Waals surface area contributed by atoms with Crippen LogP contribution < -0.4 is 0 Å². The summed E-state index contributed by atoms with van der Waals surface area (Å²) in [6.07, 6.45) is -5.79. The monoisotopic (exact) mass is 196 g/mol. The molecule has 0 aromatic carbocycles. The van der Waals surface area contributed by atoms with Crippen LogP contribution in [0.1, 0.15) is 6.42 Å². The van der Waals surface area contributed by atoms with Crippen molar-refractivity contribution in [2.45, 2.75) is 18.6 Å². The number of aliphatic carboxylic acids is 1. The van der Waals surface area contributed by atoms with Crippen LogP contribution in [0.25, 0.3) is 0 Å². The van der Waals surface area contributed by atoms with E-state index in [2.05, 4.69) is 9.47 Å². The fourth-order valence-electron chi connectivity index (χ4n) is 0.825. The molecular weight excluding hydrogens is 190 g/mol. The van der Waals surface area contributed by atoms with E-state index in [4.69, 9.17) is 5.11 Å². The van der Waals surface area contributed by atoms with Gasteiger partial charge in [-0.1, -0.05) is 0 Å². The van der Waals surface area contributed by atoms with Crippen LogP contribution in [0.5, 0.6) is 0 Å². The fourth-order valence-corrected chi connectivity index (χ4v) is 0.825. The minimum atomic E-state index is -4.27. The van der Waals surface area contributed by atoms with Gasteiger partial charge in [0.05, 0.1) is 6.42 Å². The highest BCUT2D eigenvalue weighted by Crippen LogP contribution is 2.22. The predicted molar refractivity (Wildman–Crippen MR) is 33.0 cm³/mol. The van der Waals surface area contributed by atoms with Crippen LogP contribution in [0.4, 0.5) is 8.78 Å². The summed E-state index contributed by atoms with van der Waals surface area (Å²) in [5, 5.41) is 7.97. The first-order chi connectivity index (χ1) is 5.92. The normalized spacial score (nSPS) is 22.9. The van der Waals surface area contributed by atoms with Gasteiger partial charge in [0, 0.05) is 0 Å². The maximum Gasteiger partial charge on any atom is 0.456 e. The Hall–Kier alpha value is -1.24. The second-order valence-corrected chi connectivity index (χ2v) is 2.45. The number of rotatable bonds is 3. The van der Waals surface area contributed by atoms with Crippen molar-refractivity contribution < 1.29 is 33.0 Å². The third-order valence-electron chi connectivity index (χ3n) is 1.39. The second kappa shape index (κ2) is 3.25. The Balaban J connectivity index is 2.49. The SMILES string of the molecule is O=C1CC(OC(F)(F)C(=O)O)CO1. The molecule has 0 amide bonds. The Morgan fingerprint density at radius 2 is 2.31 bits per heavy atom. The number of carboxylic acids is 1. The molecule has 74 valence electrons. The van der Waals surface area contributed by atoms with E-state index in [-0.39, 0.29) is 13.0 Å². The first kappa shape index (κ1) is 9.85. The molecule has 1 unspecified atom stereocenters. The molecule has 1 heterocycles. The molecule has 0 bridgehead atoms. The van der Waals surface area contributed by atoms with Gasteiger partial charge in [-0.2, -0.15) is 8.78 Å². The van der Waals surface area contributed by atoms with E-state index in [1.165, 1.54) is 0 Å². The largest absolute Gasteiger partial charge is 0.475 e. The van der Waals surface area contributed by atoms with E-state index in [9.17, 15) is 18.4 Å². The summed E-state index contributed by atoms with van der Waals surface area (Å²) >= 11 is 0. The van der Waals surface area contributed by atoms with Crippen LogP contribution in [-0.4, -0.2) is 35.9 Å². The molecule has 0 aliphatic carbocycles. The van der Waals surface area contributed by atoms with Gasteiger partial charge in [0.25, 0.3) is 0 Å². The smallest absolute Gasteiger partial charge is 0.456 e. The lowest BCUT2D eigenvalue weighted by Crippen LogP contribution is -2.36. The van der Waals surface area contributed by atoms with E-state index >= 15 is 0 Å². The molecule has 0 aromatic rings. The topological polar surface area (TPSA) is 72.8 Å². The van der Waals surface area contributed by atoms with Crippen LogP contribution >= 0.6 is 0 Å². The number of hydrogen-bond acceptors (Lipinski definition) is 4. The highest BCUT2D eigenvalue weighted by atomic mass is 19.3. The second-order valence-electron chi connectivity index (χ2n) is 2.45. The zero-order chi connectivity index (χ0) is 10.1. The Labute approximate surface area is 71.2 Å². The van der Waals surface area contributed by atoms with E-state index in [0.717, 1.165) is 0 Å². The third-order valence-corrected chi connectivity index (χ3v) is 1.39. The number of alkyl halides is 2. The molecule has 0 saturated carbocycles. The number of hydrogen-bond donors (Lipinski definition) is 1. The van der Waals surface area contributed by atoms with Crippen LogP contribution in [-0.2, 0) is 19.1 Å². The molecule has 1 aliphatic rings. The Bertz CT molecular complexity index is 239. The Morgan fingerprint density at radius 3 is 2.69 bits per heavy atom. The number of esters is 1. The molecular formula is C6H6F2O5. The van der Waals surface area contributed by atoms with Crippen LogP contribution in [0.3, 0.4) is 0 Å². The number of carbonyl (C=O) groups excluding carboxylic acids is 1. The van der Waals surface area contributed by atoms with Crippen LogP contribution in [0, 0.1) is 0 Å². The van der Waals surface area contributed by atoms with Gasteiger partial charge in [0.2, 0.25) is 0 Å². The summed E-state index contributed by atoms with van der Waals surface area (Å²) in [4.78, 5) is 20.3. The maximum absolute atomic E-state index is 12.3. The van der Waals surface area contributed by atoms with Crippen LogP contribution in [0.15, 0.2) is 0 Å². The van der Waals surface area contributed by atoms with Gasteiger partial charge in [-0.05, 0) is 0 Å². The molecule has 1 N–H and O–H groups in total. The molecule has 0 radical (unpaired) electrons. The number of carbonyl (C=O) groups is 2. The highest BCUT2D eigenvalue weighted by Gasteiger charge is 2.45. The predicted octanol–water partition coefficient (Wildman–Crippen LogP) is -0.00410. The average molecular weight is 196 g/mol. The maximum atomic E-state index is 12.3. The van der Waals surface area contributed by atoms with Crippen molar-refractivity contribution in [1.82, 2.24) is 0 Å². The van der Waals surface area contributed by atoms with E-state index < -0.39 is 24.2 Å². The lowest BCUT2D eigenvalue weighted by molar-refractivity contribution is -0.261. The van der Waals surface area contributed by atoms with Crippen molar-refractivity contribution in [3.63, 3.8) is 0 Å². The van der Waals surface area contributed by atoms with Crippen molar-refractivity contribution in [3.8, 4) is 0 Å².